The van der Waals surface area contributed by atoms with Crippen LogP contribution in [0.1, 0.15) is 25.7 Å². The van der Waals surface area contributed by atoms with Crippen molar-refractivity contribution in [3.8, 4) is 0 Å². The van der Waals surface area contributed by atoms with Crippen LogP contribution in [0.3, 0.4) is 0 Å². The first kappa shape index (κ1) is 13.8. The van der Waals surface area contributed by atoms with Gasteiger partial charge in [0.25, 0.3) is 0 Å². The van der Waals surface area contributed by atoms with E-state index in [-0.39, 0.29) is 11.3 Å². The Morgan fingerprint density at radius 2 is 2.30 bits per heavy atom. The smallest absolute Gasteiger partial charge is 0.226 e. The zero-order chi connectivity index (χ0) is 14.2. The highest BCUT2D eigenvalue weighted by Gasteiger charge is 2.37. The minimum Gasteiger partial charge on any atom is -0.330 e. The molecule has 1 aromatic carbocycles. The summed E-state index contributed by atoms with van der Waals surface area (Å²) in [6.07, 6.45) is 3.75. The predicted octanol–water partition coefficient (Wildman–Crippen LogP) is 3.41. The molecule has 0 saturated heterocycles. The zero-order valence-corrected chi connectivity index (χ0v) is 12.6. The summed E-state index contributed by atoms with van der Waals surface area (Å²) < 4.78 is 0.977. The van der Waals surface area contributed by atoms with Crippen LogP contribution in [0.25, 0.3) is 10.2 Å². The van der Waals surface area contributed by atoms with Crippen LogP contribution in [0, 0.1) is 5.41 Å². The van der Waals surface area contributed by atoms with Crippen LogP contribution in [0.4, 0.5) is 5.13 Å². The highest BCUT2D eigenvalue weighted by Crippen LogP contribution is 2.43. The van der Waals surface area contributed by atoms with Crippen molar-refractivity contribution >= 4 is 44.2 Å². The van der Waals surface area contributed by atoms with E-state index in [1.807, 2.05) is 12.1 Å². The third kappa shape index (κ3) is 2.66. The fraction of sp³-hybridized carbons (Fsp3) is 0.429. The minimum absolute atomic E-state index is 0.000281. The second kappa shape index (κ2) is 5.31. The lowest BCUT2D eigenvalue weighted by Crippen LogP contribution is -2.40. The van der Waals surface area contributed by atoms with E-state index in [1.165, 1.54) is 17.8 Å². The van der Waals surface area contributed by atoms with Gasteiger partial charge in [-0.2, -0.15) is 0 Å². The summed E-state index contributed by atoms with van der Waals surface area (Å²) in [5.41, 5.74) is 6.65. The minimum atomic E-state index is 0.000281. The molecule has 0 radical (unpaired) electrons. The van der Waals surface area contributed by atoms with Crippen LogP contribution in [0.5, 0.6) is 0 Å². The normalized spacial score (nSPS) is 16.9. The fourth-order valence-electron chi connectivity index (χ4n) is 2.59. The maximum absolute atomic E-state index is 12.1. The van der Waals surface area contributed by atoms with Gasteiger partial charge in [0.15, 0.2) is 5.13 Å². The maximum atomic E-state index is 12.1. The van der Waals surface area contributed by atoms with E-state index in [0.29, 0.717) is 23.1 Å². The number of amides is 1. The lowest BCUT2D eigenvalue weighted by atomic mass is 9.66. The van der Waals surface area contributed by atoms with Crippen molar-refractivity contribution in [1.82, 2.24) is 4.98 Å². The molecule has 3 N–H and O–H groups in total. The van der Waals surface area contributed by atoms with Gasteiger partial charge in [0, 0.05) is 11.4 Å². The summed E-state index contributed by atoms with van der Waals surface area (Å²) >= 11 is 7.38. The van der Waals surface area contributed by atoms with Gasteiger partial charge >= 0.3 is 0 Å². The molecule has 0 bridgehead atoms. The van der Waals surface area contributed by atoms with E-state index in [9.17, 15) is 4.79 Å². The molecule has 1 aliphatic carbocycles. The van der Waals surface area contributed by atoms with Crippen molar-refractivity contribution in [2.45, 2.75) is 25.7 Å². The Morgan fingerprint density at radius 1 is 1.50 bits per heavy atom. The summed E-state index contributed by atoms with van der Waals surface area (Å²) in [5, 5.41) is 4.18. The van der Waals surface area contributed by atoms with Crippen LogP contribution in [-0.2, 0) is 4.79 Å². The first-order valence-electron chi connectivity index (χ1n) is 6.66. The number of rotatable bonds is 4. The molecule has 106 valence electrons. The Balaban J connectivity index is 1.71. The van der Waals surface area contributed by atoms with E-state index in [2.05, 4.69) is 10.3 Å². The first-order chi connectivity index (χ1) is 9.60. The molecule has 4 nitrogen and oxygen atoms in total. The van der Waals surface area contributed by atoms with Crippen molar-refractivity contribution in [2.75, 3.05) is 11.9 Å². The number of aromatic nitrogens is 1. The van der Waals surface area contributed by atoms with Gasteiger partial charge in [-0.25, -0.2) is 4.98 Å². The van der Waals surface area contributed by atoms with E-state index < -0.39 is 0 Å². The molecule has 6 heteroatoms. The fourth-order valence-corrected chi connectivity index (χ4v) is 3.74. The number of carbonyl (C=O) groups is 1. The number of benzene rings is 1. The van der Waals surface area contributed by atoms with Crippen molar-refractivity contribution < 1.29 is 4.79 Å². The highest BCUT2D eigenvalue weighted by atomic mass is 35.5. The van der Waals surface area contributed by atoms with Gasteiger partial charge in [0.05, 0.1) is 10.2 Å². The van der Waals surface area contributed by atoms with Gasteiger partial charge in [-0.15, -0.1) is 0 Å². The molecular formula is C14H16ClN3OS. The summed E-state index contributed by atoms with van der Waals surface area (Å²) in [6.45, 7) is 0.579. The van der Waals surface area contributed by atoms with Crippen molar-refractivity contribution in [1.29, 1.82) is 0 Å². The molecule has 1 aliphatic rings. The number of hydrogen-bond donors (Lipinski definition) is 2. The third-order valence-corrected chi connectivity index (χ3v) is 5.15. The first-order valence-corrected chi connectivity index (χ1v) is 7.86. The molecule has 3 rings (SSSR count). The molecule has 0 atom stereocenters. The quantitative estimate of drug-likeness (QED) is 0.909. The summed E-state index contributed by atoms with van der Waals surface area (Å²) in [6, 6.07) is 5.52. The van der Waals surface area contributed by atoms with E-state index in [1.54, 1.807) is 6.07 Å². The average molecular weight is 310 g/mol. The second-order valence-corrected chi connectivity index (χ2v) is 6.88. The van der Waals surface area contributed by atoms with Gasteiger partial charge in [-0.05, 0) is 43.0 Å². The van der Waals surface area contributed by atoms with Gasteiger partial charge in [-0.3, -0.25) is 4.79 Å². The van der Waals surface area contributed by atoms with E-state index in [0.717, 1.165) is 23.1 Å². The number of nitrogens with two attached hydrogens (primary N) is 1. The molecule has 1 aromatic heterocycles. The Bertz CT molecular complexity index is 645. The largest absolute Gasteiger partial charge is 0.330 e. The summed E-state index contributed by atoms with van der Waals surface area (Å²) in [4.78, 5) is 16.5. The van der Waals surface area contributed by atoms with Crippen LogP contribution in [0.15, 0.2) is 18.2 Å². The SMILES string of the molecule is NCC1(CC(=O)Nc2nc3ccc(Cl)cc3s2)CCC1. The Kier molecular flexibility index (Phi) is 3.67. The van der Waals surface area contributed by atoms with E-state index in [4.69, 9.17) is 17.3 Å². The van der Waals surface area contributed by atoms with Crippen LogP contribution in [0.2, 0.25) is 5.02 Å². The number of nitrogens with one attached hydrogen (secondary N) is 1. The van der Waals surface area contributed by atoms with Crippen molar-refractivity contribution in [2.24, 2.45) is 11.1 Å². The van der Waals surface area contributed by atoms with E-state index >= 15 is 0 Å². The third-order valence-electron chi connectivity index (χ3n) is 3.98. The number of thiazole rings is 1. The number of fused-ring (bicyclic) bond motifs is 1. The Morgan fingerprint density at radius 3 is 2.95 bits per heavy atom. The lowest BCUT2D eigenvalue weighted by Gasteiger charge is -2.40. The van der Waals surface area contributed by atoms with Gasteiger partial charge < -0.3 is 11.1 Å². The number of carbonyl (C=O) groups excluding carboxylic acids is 1. The number of nitrogens with zero attached hydrogens (tertiary/aromatic N) is 1. The van der Waals surface area contributed by atoms with Crippen LogP contribution in [-0.4, -0.2) is 17.4 Å². The summed E-state index contributed by atoms with van der Waals surface area (Å²) in [7, 11) is 0. The average Bonchev–Trinajstić information content (AvgIpc) is 2.75. The molecule has 2 aromatic rings. The predicted molar refractivity (Wildman–Crippen MR) is 83.2 cm³/mol. The Labute approximate surface area is 126 Å². The number of anilines is 1. The maximum Gasteiger partial charge on any atom is 0.226 e. The Hall–Kier alpha value is -1.17. The molecule has 0 aliphatic heterocycles. The van der Waals surface area contributed by atoms with Crippen LogP contribution >= 0.6 is 22.9 Å². The molecular weight excluding hydrogens is 294 g/mol. The molecule has 1 amide bonds. The topological polar surface area (TPSA) is 68.0 Å². The zero-order valence-electron chi connectivity index (χ0n) is 11.0. The molecule has 1 heterocycles. The molecule has 0 unspecified atom stereocenters. The van der Waals surface area contributed by atoms with Gasteiger partial charge in [-0.1, -0.05) is 29.4 Å². The van der Waals surface area contributed by atoms with Crippen molar-refractivity contribution in [3.63, 3.8) is 0 Å². The molecule has 1 fully saturated rings. The standard InChI is InChI=1S/C14H16ClN3OS/c15-9-2-3-10-11(6-9)20-13(17-10)18-12(19)7-14(8-16)4-1-5-14/h2-3,6H,1,4-5,7-8,16H2,(H,17,18,19). The number of halogens is 1. The number of hydrogen-bond acceptors (Lipinski definition) is 4. The second-order valence-electron chi connectivity index (χ2n) is 5.41. The van der Waals surface area contributed by atoms with Gasteiger partial charge in [0.1, 0.15) is 0 Å². The van der Waals surface area contributed by atoms with Gasteiger partial charge in [0.2, 0.25) is 5.91 Å². The van der Waals surface area contributed by atoms with Crippen molar-refractivity contribution in [3.05, 3.63) is 23.2 Å². The molecule has 1 saturated carbocycles. The molecule has 20 heavy (non-hydrogen) atoms. The lowest BCUT2D eigenvalue weighted by molar-refractivity contribution is -0.119. The molecule has 0 spiro atoms. The monoisotopic (exact) mass is 309 g/mol. The highest BCUT2D eigenvalue weighted by molar-refractivity contribution is 7.22. The van der Waals surface area contributed by atoms with Crippen LogP contribution < -0.4 is 11.1 Å². The summed E-state index contributed by atoms with van der Waals surface area (Å²) in [5.74, 6) is 0.000281.